The number of hydrogen-bond donors (Lipinski definition) is 1. The summed E-state index contributed by atoms with van der Waals surface area (Å²) in [4.78, 5) is 0. The maximum Gasteiger partial charge on any atom is 0.265 e. The highest BCUT2D eigenvalue weighted by Crippen LogP contribution is 2.31. The number of alkyl halides is 3. The minimum Gasteiger partial charge on any atom is -0.469 e. The van der Waals surface area contributed by atoms with Gasteiger partial charge >= 0.3 is 0 Å². The Morgan fingerprint density at radius 3 is 2.29 bits per heavy atom. The zero-order valence-electron chi connectivity index (χ0n) is 12.2. The van der Waals surface area contributed by atoms with E-state index in [1.807, 2.05) is 30.3 Å². The van der Waals surface area contributed by atoms with E-state index >= 15 is 0 Å². The maximum absolute atomic E-state index is 7.72. The maximum atomic E-state index is 7.72. The average molecular weight is 363 g/mol. The van der Waals surface area contributed by atoms with Gasteiger partial charge in [0, 0.05) is 6.42 Å². The van der Waals surface area contributed by atoms with Gasteiger partial charge in [0.2, 0.25) is 5.90 Å². The molecule has 6 heteroatoms. The molecule has 1 N–H and O–H groups in total. The van der Waals surface area contributed by atoms with E-state index in [4.69, 9.17) is 44.9 Å². The fourth-order valence-corrected chi connectivity index (χ4v) is 2.28. The van der Waals surface area contributed by atoms with E-state index in [0.717, 1.165) is 5.56 Å². The fraction of sp³-hybridized carbons (Fsp3) is 0.400. The number of hydrogen-bond acceptors (Lipinski definition) is 2. The third kappa shape index (κ3) is 7.24. The second kappa shape index (κ2) is 7.55. The van der Waals surface area contributed by atoms with Crippen molar-refractivity contribution in [3.05, 3.63) is 35.9 Å². The van der Waals surface area contributed by atoms with Gasteiger partial charge in [0.25, 0.3) is 3.79 Å². The molecule has 0 saturated carbocycles. The molecule has 0 spiro atoms. The smallest absolute Gasteiger partial charge is 0.265 e. The normalized spacial score (nSPS) is 13.0. The summed E-state index contributed by atoms with van der Waals surface area (Å²) in [5, 5.41) is 7.72. The Hall–Kier alpha value is -0.663. The predicted molar refractivity (Wildman–Crippen MR) is 94.0 cm³/mol. The van der Waals surface area contributed by atoms with Gasteiger partial charge in [-0.3, -0.25) is 5.41 Å². The van der Waals surface area contributed by atoms with Crippen molar-refractivity contribution in [3.63, 3.8) is 0 Å². The Balaban J connectivity index is 2.91. The first-order valence-corrected chi connectivity index (χ1v) is 11.1. The fourth-order valence-electron chi connectivity index (χ4n) is 1.51. The van der Waals surface area contributed by atoms with Crippen molar-refractivity contribution in [1.29, 1.82) is 5.41 Å². The van der Waals surface area contributed by atoms with E-state index in [0.29, 0.717) is 6.42 Å². The summed E-state index contributed by atoms with van der Waals surface area (Å²) in [7, 11) is -1.45. The largest absolute Gasteiger partial charge is 0.469 e. The van der Waals surface area contributed by atoms with E-state index in [9.17, 15) is 0 Å². The van der Waals surface area contributed by atoms with Gasteiger partial charge in [-0.15, -0.1) is 11.5 Å². The highest BCUT2D eigenvalue weighted by Gasteiger charge is 2.31. The molecule has 0 bridgehead atoms. The molecular weight excluding hydrogens is 345 g/mol. The molecule has 1 aromatic carbocycles. The van der Waals surface area contributed by atoms with Crippen LogP contribution in [-0.2, 0) is 4.74 Å². The van der Waals surface area contributed by atoms with Gasteiger partial charge < -0.3 is 4.74 Å². The molecule has 1 atom stereocenters. The Bertz CT molecular complexity index is 538. The van der Waals surface area contributed by atoms with Crippen LogP contribution in [0.4, 0.5) is 0 Å². The molecule has 2 nitrogen and oxygen atoms in total. The highest BCUT2D eigenvalue weighted by atomic mass is 35.6. The zero-order valence-corrected chi connectivity index (χ0v) is 15.5. The van der Waals surface area contributed by atoms with Crippen LogP contribution in [0.15, 0.2) is 30.3 Å². The van der Waals surface area contributed by atoms with Gasteiger partial charge in [-0.1, -0.05) is 84.8 Å². The topological polar surface area (TPSA) is 33.1 Å². The van der Waals surface area contributed by atoms with Gasteiger partial charge in [0.1, 0.15) is 14.2 Å². The van der Waals surface area contributed by atoms with Crippen LogP contribution in [0.25, 0.3) is 0 Å². The predicted octanol–water partition coefficient (Wildman–Crippen LogP) is 5.36. The standard InChI is InChI=1S/C15H18Cl3NOSi/c1-21(2,3)11-7-10-13(12-8-5-4-6-9-12)20-14(19)15(16,17)18/h4-6,8-9,13,19H,10H2,1-3H3. The lowest BCUT2D eigenvalue weighted by Crippen LogP contribution is -2.23. The molecule has 0 fully saturated rings. The van der Waals surface area contributed by atoms with Crippen LogP contribution in [0.2, 0.25) is 19.6 Å². The number of ether oxygens (including phenoxy) is 1. The molecule has 1 aromatic rings. The van der Waals surface area contributed by atoms with Crippen LogP contribution in [0.5, 0.6) is 0 Å². The zero-order chi connectivity index (χ0) is 16.1. The van der Waals surface area contributed by atoms with Crippen molar-refractivity contribution in [1.82, 2.24) is 0 Å². The Kier molecular flexibility index (Phi) is 6.61. The molecule has 0 aliphatic rings. The van der Waals surface area contributed by atoms with E-state index in [-0.39, 0.29) is 0 Å². The van der Waals surface area contributed by atoms with Gasteiger partial charge in [0.15, 0.2) is 0 Å². The van der Waals surface area contributed by atoms with Crippen LogP contribution in [0.3, 0.4) is 0 Å². The SMILES string of the molecule is C[Si](C)(C)C#CCC(OC(=N)C(Cl)(Cl)Cl)c1ccccc1. The molecule has 0 saturated heterocycles. The second-order valence-electron chi connectivity index (χ2n) is 5.60. The Morgan fingerprint density at radius 2 is 1.81 bits per heavy atom. The van der Waals surface area contributed by atoms with Crippen LogP contribution >= 0.6 is 34.8 Å². The summed E-state index contributed by atoms with van der Waals surface area (Å²) in [6, 6.07) is 9.53. The molecule has 0 amide bonds. The van der Waals surface area contributed by atoms with Crippen LogP contribution in [-0.4, -0.2) is 17.8 Å². The first-order valence-electron chi connectivity index (χ1n) is 6.47. The van der Waals surface area contributed by atoms with Crippen LogP contribution in [0.1, 0.15) is 18.1 Å². The number of nitrogens with one attached hydrogen (secondary N) is 1. The van der Waals surface area contributed by atoms with Crippen molar-refractivity contribution in [2.24, 2.45) is 0 Å². The summed E-state index contributed by atoms with van der Waals surface area (Å²) in [6.07, 6.45) is 0.0374. The van der Waals surface area contributed by atoms with Gasteiger partial charge in [-0.05, 0) is 5.56 Å². The van der Waals surface area contributed by atoms with Crippen LogP contribution in [0, 0.1) is 16.9 Å². The molecule has 0 aliphatic carbocycles. The van der Waals surface area contributed by atoms with Gasteiger partial charge in [0.05, 0.1) is 0 Å². The van der Waals surface area contributed by atoms with Crippen molar-refractivity contribution < 1.29 is 4.74 Å². The summed E-state index contributed by atoms with van der Waals surface area (Å²) in [5.74, 6) is 2.75. The summed E-state index contributed by atoms with van der Waals surface area (Å²) >= 11 is 17.0. The van der Waals surface area contributed by atoms with Crippen molar-refractivity contribution in [2.75, 3.05) is 0 Å². The summed E-state index contributed by atoms with van der Waals surface area (Å²) in [6.45, 7) is 6.51. The van der Waals surface area contributed by atoms with E-state index in [2.05, 4.69) is 31.1 Å². The van der Waals surface area contributed by atoms with Crippen molar-refractivity contribution in [3.8, 4) is 11.5 Å². The molecule has 0 aromatic heterocycles. The van der Waals surface area contributed by atoms with E-state index in [1.165, 1.54) is 0 Å². The highest BCUT2D eigenvalue weighted by molar-refractivity contribution is 6.83. The Labute approximate surface area is 142 Å². The lowest BCUT2D eigenvalue weighted by Gasteiger charge is -2.21. The molecule has 114 valence electrons. The second-order valence-corrected chi connectivity index (χ2v) is 12.6. The monoisotopic (exact) mass is 361 g/mol. The number of benzene rings is 1. The average Bonchev–Trinajstić information content (AvgIpc) is 2.36. The number of rotatable bonds is 3. The van der Waals surface area contributed by atoms with Gasteiger partial charge in [-0.2, -0.15) is 0 Å². The molecule has 0 heterocycles. The van der Waals surface area contributed by atoms with Crippen LogP contribution < -0.4 is 0 Å². The van der Waals surface area contributed by atoms with E-state index < -0.39 is 23.9 Å². The molecule has 1 unspecified atom stereocenters. The molecular formula is C15H18Cl3NOSi. The summed E-state index contributed by atoms with van der Waals surface area (Å²) in [5.41, 5.74) is 4.18. The lowest BCUT2D eigenvalue weighted by molar-refractivity contribution is 0.191. The minimum atomic E-state index is -1.86. The molecule has 0 aliphatic heterocycles. The third-order valence-electron chi connectivity index (χ3n) is 2.44. The van der Waals surface area contributed by atoms with E-state index in [1.54, 1.807) is 0 Å². The molecule has 0 radical (unpaired) electrons. The minimum absolute atomic E-state index is 0.392. The number of halogens is 3. The van der Waals surface area contributed by atoms with Crippen molar-refractivity contribution >= 4 is 48.8 Å². The Morgan fingerprint density at radius 1 is 1.24 bits per heavy atom. The lowest BCUT2D eigenvalue weighted by atomic mass is 10.1. The molecule has 21 heavy (non-hydrogen) atoms. The van der Waals surface area contributed by atoms with Crippen molar-refractivity contribution in [2.45, 2.75) is 36.0 Å². The molecule has 1 rings (SSSR count). The van der Waals surface area contributed by atoms with Gasteiger partial charge in [-0.25, -0.2) is 0 Å². The first-order chi connectivity index (χ1) is 9.59. The first kappa shape index (κ1) is 18.4. The summed E-state index contributed by atoms with van der Waals surface area (Å²) < 4.78 is 3.65. The third-order valence-corrected chi connectivity index (χ3v) is 3.88. The quantitative estimate of drug-likeness (QED) is 0.253.